The first kappa shape index (κ1) is 22.2. The number of hydrogen-bond acceptors (Lipinski definition) is 4. The highest BCUT2D eigenvalue weighted by molar-refractivity contribution is 7.71. The lowest BCUT2D eigenvalue weighted by molar-refractivity contribution is 0.133. The molecule has 2 heterocycles. The van der Waals surface area contributed by atoms with E-state index in [0.29, 0.717) is 16.3 Å². The molecule has 29 heavy (non-hydrogen) atoms. The Morgan fingerprint density at radius 2 is 1.86 bits per heavy atom. The first-order chi connectivity index (χ1) is 13.8. The average Bonchev–Trinajstić information content (AvgIpc) is 2.72. The third-order valence-corrected chi connectivity index (χ3v) is 7.12. The summed E-state index contributed by atoms with van der Waals surface area (Å²) in [6.45, 7) is 5.19. The Morgan fingerprint density at radius 1 is 1.17 bits per heavy atom. The predicted molar refractivity (Wildman–Crippen MR) is 128 cm³/mol. The van der Waals surface area contributed by atoms with E-state index >= 15 is 0 Å². The topological polar surface area (TPSA) is 40.2 Å². The number of nitrogens with zero attached hydrogens (tertiary/aromatic N) is 4. The molecule has 2 unspecified atom stereocenters. The van der Waals surface area contributed by atoms with E-state index in [2.05, 4.69) is 50.4 Å². The van der Waals surface area contributed by atoms with E-state index in [9.17, 15) is 0 Å². The fourth-order valence-corrected chi connectivity index (χ4v) is 4.83. The number of hydrogen-bond donors (Lipinski definition) is 1. The van der Waals surface area contributed by atoms with Crippen LogP contribution in [0.4, 0.5) is 5.82 Å². The van der Waals surface area contributed by atoms with Crippen LogP contribution in [-0.4, -0.2) is 40.2 Å². The minimum atomic E-state index is 0.492. The standard InChI is InChI=1S/C22H34N5PS/c1-16-20(23)25(3)22(29)26(4)21(16)24(2)14-12-18-7-5-6-13-27(18)15-17-8-10-19(28)11-9-17/h8-11,18,23H,5-7,12-15,28H2,1-4H3. The molecule has 1 saturated heterocycles. The fraction of sp³-hybridized carbons (Fsp3) is 0.545. The summed E-state index contributed by atoms with van der Waals surface area (Å²) in [6.07, 6.45) is 4.99. The van der Waals surface area contributed by atoms with Gasteiger partial charge in [-0.15, -0.1) is 9.24 Å². The number of aromatic nitrogens is 2. The molecule has 0 bridgehead atoms. The van der Waals surface area contributed by atoms with Gasteiger partial charge in [0.15, 0.2) is 4.77 Å². The number of anilines is 1. The smallest absolute Gasteiger partial charge is 0.182 e. The van der Waals surface area contributed by atoms with E-state index < -0.39 is 0 Å². The van der Waals surface area contributed by atoms with Gasteiger partial charge in [-0.05, 0) is 55.8 Å². The van der Waals surface area contributed by atoms with Crippen molar-refractivity contribution in [2.75, 3.05) is 25.0 Å². The van der Waals surface area contributed by atoms with Gasteiger partial charge < -0.3 is 14.0 Å². The van der Waals surface area contributed by atoms with Crippen molar-refractivity contribution in [3.63, 3.8) is 0 Å². The Hall–Kier alpha value is -1.49. The molecule has 1 aliphatic rings. The molecule has 7 heteroatoms. The SMILES string of the molecule is Cc1c(N(C)CCC2CCCCN2Cc2ccc(P)cc2)n(C)c(=S)n(C)c1=N. The van der Waals surface area contributed by atoms with Crippen molar-refractivity contribution in [1.29, 1.82) is 5.41 Å². The van der Waals surface area contributed by atoms with Crippen LogP contribution >= 0.6 is 21.5 Å². The molecule has 1 fully saturated rings. The monoisotopic (exact) mass is 431 g/mol. The van der Waals surface area contributed by atoms with E-state index in [1.165, 1.54) is 36.7 Å². The molecule has 1 N–H and O–H groups in total. The third-order valence-electron chi connectivity index (χ3n) is 6.19. The van der Waals surface area contributed by atoms with Crippen molar-refractivity contribution in [2.24, 2.45) is 14.1 Å². The molecule has 5 nitrogen and oxygen atoms in total. The molecular formula is C22H34N5PS. The van der Waals surface area contributed by atoms with Gasteiger partial charge >= 0.3 is 0 Å². The van der Waals surface area contributed by atoms with E-state index in [4.69, 9.17) is 17.6 Å². The Bertz CT molecular complexity index is 926. The Kier molecular flexibility index (Phi) is 7.31. The maximum Gasteiger partial charge on any atom is 0.182 e. The van der Waals surface area contributed by atoms with Crippen molar-refractivity contribution in [2.45, 2.75) is 45.2 Å². The van der Waals surface area contributed by atoms with Gasteiger partial charge in [0.1, 0.15) is 11.3 Å². The van der Waals surface area contributed by atoms with Crippen LogP contribution in [0.25, 0.3) is 0 Å². The van der Waals surface area contributed by atoms with Crippen LogP contribution in [0.15, 0.2) is 24.3 Å². The van der Waals surface area contributed by atoms with E-state index in [-0.39, 0.29) is 0 Å². The van der Waals surface area contributed by atoms with Gasteiger partial charge in [0.2, 0.25) is 0 Å². The molecule has 0 amide bonds. The molecule has 0 radical (unpaired) electrons. The van der Waals surface area contributed by atoms with Gasteiger partial charge in [0.05, 0.1) is 0 Å². The maximum absolute atomic E-state index is 8.36. The number of likely N-dealkylation sites (tertiary alicyclic amines) is 1. The zero-order valence-electron chi connectivity index (χ0n) is 18.1. The molecule has 3 rings (SSSR count). The lowest BCUT2D eigenvalue weighted by atomic mass is 9.98. The summed E-state index contributed by atoms with van der Waals surface area (Å²) in [7, 11) is 8.76. The summed E-state index contributed by atoms with van der Waals surface area (Å²) < 4.78 is 4.48. The van der Waals surface area contributed by atoms with Crippen LogP contribution in [0.2, 0.25) is 0 Å². The van der Waals surface area contributed by atoms with Crippen molar-refractivity contribution in [1.82, 2.24) is 14.0 Å². The van der Waals surface area contributed by atoms with Gasteiger partial charge in [0.25, 0.3) is 0 Å². The number of rotatable bonds is 6. The Morgan fingerprint density at radius 3 is 2.55 bits per heavy atom. The lowest BCUT2D eigenvalue weighted by Gasteiger charge is -2.37. The summed E-state index contributed by atoms with van der Waals surface area (Å²) in [5.41, 5.74) is 2.86. The Labute approximate surface area is 182 Å². The second-order valence-electron chi connectivity index (χ2n) is 8.27. The number of nitrogens with one attached hydrogen (secondary N) is 1. The third kappa shape index (κ3) is 4.99. The van der Waals surface area contributed by atoms with Gasteiger partial charge in [-0.1, -0.05) is 30.7 Å². The largest absolute Gasteiger partial charge is 0.361 e. The Balaban J connectivity index is 1.71. The van der Waals surface area contributed by atoms with E-state index in [1.54, 1.807) is 4.57 Å². The van der Waals surface area contributed by atoms with Crippen molar-refractivity contribution < 1.29 is 0 Å². The predicted octanol–water partition coefficient (Wildman–Crippen LogP) is 3.26. The molecule has 2 atom stereocenters. The maximum atomic E-state index is 8.36. The van der Waals surface area contributed by atoms with E-state index in [0.717, 1.165) is 30.9 Å². The average molecular weight is 432 g/mol. The lowest BCUT2D eigenvalue weighted by Crippen LogP contribution is -2.41. The highest BCUT2D eigenvalue weighted by Crippen LogP contribution is 2.23. The first-order valence-electron chi connectivity index (χ1n) is 10.4. The molecule has 1 aromatic heterocycles. The number of piperidine rings is 1. The van der Waals surface area contributed by atoms with Gasteiger partial charge in [-0.25, -0.2) is 0 Å². The second-order valence-corrected chi connectivity index (χ2v) is 9.30. The van der Waals surface area contributed by atoms with Crippen molar-refractivity contribution in [3.05, 3.63) is 45.7 Å². The summed E-state index contributed by atoms with van der Waals surface area (Å²) in [5.74, 6) is 1.05. The summed E-state index contributed by atoms with van der Waals surface area (Å²) >= 11 is 5.53. The van der Waals surface area contributed by atoms with Crippen LogP contribution in [-0.2, 0) is 20.6 Å². The molecule has 158 valence electrons. The zero-order chi connectivity index (χ0) is 21.1. The minimum absolute atomic E-state index is 0.492. The molecule has 2 aromatic rings. The van der Waals surface area contributed by atoms with Crippen LogP contribution in [0.1, 0.15) is 36.8 Å². The highest BCUT2D eigenvalue weighted by Gasteiger charge is 2.23. The minimum Gasteiger partial charge on any atom is -0.361 e. The van der Waals surface area contributed by atoms with E-state index in [1.807, 2.05) is 25.6 Å². The van der Waals surface area contributed by atoms with Crippen molar-refractivity contribution >= 4 is 32.6 Å². The number of benzene rings is 1. The van der Waals surface area contributed by atoms with Crippen LogP contribution in [0.5, 0.6) is 0 Å². The molecule has 0 aliphatic carbocycles. The summed E-state index contributed by atoms with van der Waals surface area (Å²) in [6, 6.07) is 9.44. The van der Waals surface area contributed by atoms with Crippen LogP contribution in [0.3, 0.4) is 0 Å². The normalized spacial score (nSPS) is 17.5. The summed E-state index contributed by atoms with van der Waals surface area (Å²) in [4.78, 5) is 4.93. The van der Waals surface area contributed by atoms with Crippen LogP contribution in [0, 0.1) is 17.1 Å². The van der Waals surface area contributed by atoms with Gasteiger partial charge in [0, 0.05) is 45.8 Å². The first-order valence-corrected chi connectivity index (χ1v) is 11.4. The summed E-state index contributed by atoms with van der Waals surface area (Å²) in [5, 5.41) is 9.60. The fourth-order valence-electron chi connectivity index (χ4n) is 4.46. The molecule has 1 aromatic carbocycles. The van der Waals surface area contributed by atoms with Crippen molar-refractivity contribution in [3.8, 4) is 0 Å². The quantitative estimate of drug-likeness (QED) is 0.564. The molecule has 1 aliphatic heterocycles. The van der Waals surface area contributed by atoms with Gasteiger partial charge in [-0.2, -0.15) is 0 Å². The molecule has 0 spiro atoms. The molecular weight excluding hydrogens is 397 g/mol. The molecule has 0 saturated carbocycles. The zero-order valence-corrected chi connectivity index (χ0v) is 20.1. The second kappa shape index (κ2) is 9.55. The van der Waals surface area contributed by atoms with Crippen LogP contribution < -0.4 is 15.7 Å². The van der Waals surface area contributed by atoms with Gasteiger partial charge in [-0.3, -0.25) is 10.3 Å². The highest BCUT2D eigenvalue weighted by atomic mass is 32.1.